The second kappa shape index (κ2) is 12.5. The molecule has 7 rings (SSSR count). The summed E-state index contributed by atoms with van der Waals surface area (Å²) in [5, 5.41) is 5.48. The van der Waals surface area contributed by atoms with Crippen molar-refractivity contribution in [1.29, 1.82) is 0 Å². The van der Waals surface area contributed by atoms with E-state index in [9.17, 15) is 23.6 Å². The van der Waals surface area contributed by atoms with E-state index >= 15 is 0 Å². The molecule has 0 bridgehead atoms. The molecule has 1 aliphatic carbocycles. The number of rotatable bonds is 6. The Kier molecular flexibility index (Phi) is 8.56. The minimum Gasteiger partial charge on any atom is -0.322 e. The molecule has 2 aliphatic heterocycles. The van der Waals surface area contributed by atoms with E-state index in [1.165, 1.54) is 12.3 Å². The standard InChI is InChI=1S/C19H18FN3O2.C19H21N3O2/c1-19(2)13-8-14(20)15(22-17(24)11-4-3-7-21-10-11)9-16(13)23(18(19)25)12-5-6-12;1-5-22-16-11-14(6-7-15(16)19(3,4)18(22)24)21-17(23)13-8-9-20-12(2)10-13/h3-4,7-10,12H,5-6H2,1-2H3,(H,22,24);6-11H,5H2,1-4H3,(H,21,23). The fraction of sp³-hybridized carbons (Fsp3) is 0.316. The van der Waals surface area contributed by atoms with E-state index in [0.717, 1.165) is 29.8 Å². The molecule has 0 radical (unpaired) electrons. The van der Waals surface area contributed by atoms with Crippen molar-refractivity contribution in [3.05, 3.63) is 107 Å². The summed E-state index contributed by atoms with van der Waals surface area (Å²) in [5.41, 5.74) is 4.39. The van der Waals surface area contributed by atoms with Gasteiger partial charge in [0.05, 0.1) is 27.8 Å². The van der Waals surface area contributed by atoms with Crippen molar-refractivity contribution in [2.24, 2.45) is 0 Å². The molecule has 2 aromatic heterocycles. The molecule has 1 saturated carbocycles. The third kappa shape index (κ3) is 6.16. The van der Waals surface area contributed by atoms with Gasteiger partial charge in [0, 0.05) is 53.8 Å². The molecule has 4 amide bonds. The number of likely N-dealkylation sites (N-methyl/N-ethyl adjacent to an activating group) is 1. The Morgan fingerprint density at radius 1 is 0.857 bits per heavy atom. The van der Waals surface area contributed by atoms with E-state index in [2.05, 4.69) is 20.6 Å². The van der Waals surface area contributed by atoms with Gasteiger partial charge in [-0.1, -0.05) is 6.07 Å². The van der Waals surface area contributed by atoms with Gasteiger partial charge >= 0.3 is 0 Å². The Balaban J connectivity index is 0.000000170. The molecule has 2 N–H and O–H groups in total. The molecule has 252 valence electrons. The predicted molar refractivity (Wildman–Crippen MR) is 187 cm³/mol. The molecule has 11 heteroatoms. The lowest BCUT2D eigenvalue weighted by Crippen LogP contribution is -2.37. The van der Waals surface area contributed by atoms with Crippen molar-refractivity contribution < 1.29 is 23.6 Å². The minimum absolute atomic E-state index is 0.0138. The Hall–Kier alpha value is -5.45. The van der Waals surface area contributed by atoms with Crippen LogP contribution in [0.15, 0.2) is 73.2 Å². The van der Waals surface area contributed by atoms with Gasteiger partial charge in [0.1, 0.15) is 5.82 Å². The molecule has 2 aromatic carbocycles. The number of nitrogens with one attached hydrogen (secondary N) is 2. The van der Waals surface area contributed by atoms with Gasteiger partial charge in [-0.05, 0) is 114 Å². The number of carbonyl (C=O) groups excluding carboxylic acids is 4. The van der Waals surface area contributed by atoms with Crippen LogP contribution in [0, 0.1) is 12.7 Å². The number of hydrogen-bond acceptors (Lipinski definition) is 6. The number of benzene rings is 2. The highest BCUT2D eigenvalue weighted by molar-refractivity contribution is 6.11. The summed E-state index contributed by atoms with van der Waals surface area (Å²) in [6.07, 6.45) is 6.51. The summed E-state index contributed by atoms with van der Waals surface area (Å²) in [6.45, 7) is 11.9. The summed E-state index contributed by atoms with van der Waals surface area (Å²) >= 11 is 0. The fourth-order valence-electron chi connectivity index (χ4n) is 6.40. The third-order valence-corrected chi connectivity index (χ3v) is 9.33. The molecule has 0 saturated heterocycles. The number of anilines is 4. The van der Waals surface area contributed by atoms with E-state index in [1.54, 1.807) is 52.5 Å². The predicted octanol–water partition coefficient (Wildman–Crippen LogP) is 6.55. The molecule has 1 fully saturated rings. The zero-order valence-corrected chi connectivity index (χ0v) is 28.4. The van der Waals surface area contributed by atoms with Crippen molar-refractivity contribution in [3.63, 3.8) is 0 Å². The molecular formula is C38H39FN6O4. The second-order valence-corrected chi connectivity index (χ2v) is 13.6. The molecule has 0 atom stereocenters. The number of fused-ring (bicyclic) bond motifs is 2. The van der Waals surface area contributed by atoms with E-state index in [-0.39, 0.29) is 29.5 Å². The maximum absolute atomic E-state index is 14.6. The van der Waals surface area contributed by atoms with Gasteiger partial charge in [-0.3, -0.25) is 29.1 Å². The van der Waals surface area contributed by atoms with Crippen LogP contribution in [0.1, 0.15) is 85.0 Å². The summed E-state index contributed by atoms with van der Waals surface area (Å²) in [5.74, 6) is -1.09. The van der Waals surface area contributed by atoms with Gasteiger partial charge in [0.2, 0.25) is 11.8 Å². The maximum atomic E-state index is 14.6. The van der Waals surface area contributed by atoms with Crippen LogP contribution in [0.2, 0.25) is 0 Å². The number of aromatic nitrogens is 2. The normalized spacial score (nSPS) is 16.8. The van der Waals surface area contributed by atoms with Crippen LogP contribution in [-0.2, 0) is 20.4 Å². The molecule has 49 heavy (non-hydrogen) atoms. The van der Waals surface area contributed by atoms with Gasteiger partial charge in [-0.25, -0.2) is 4.39 Å². The van der Waals surface area contributed by atoms with E-state index < -0.39 is 22.6 Å². The second-order valence-electron chi connectivity index (χ2n) is 13.6. The quantitative estimate of drug-likeness (QED) is 0.242. The molecule has 0 unspecified atom stereocenters. The van der Waals surface area contributed by atoms with Crippen LogP contribution in [0.5, 0.6) is 0 Å². The summed E-state index contributed by atoms with van der Waals surface area (Å²) in [4.78, 5) is 61.5. The first kappa shape index (κ1) is 33.5. The van der Waals surface area contributed by atoms with E-state index in [1.807, 2.05) is 59.7 Å². The van der Waals surface area contributed by atoms with Gasteiger partial charge in [-0.2, -0.15) is 0 Å². The molecule has 0 spiro atoms. The number of nitrogens with zero attached hydrogens (tertiary/aromatic N) is 4. The number of hydrogen-bond donors (Lipinski definition) is 2. The highest BCUT2D eigenvalue weighted by Crippen LogP contribution is 2.48. The maximum Gasteiger partial charge on any atom is 0.257 e. The average molecular weight is 663 g/mol. The van der Waals surface area contributed by atoms with Crippen molar-refractivity contribution in [1.82, 2.24) is 9.97 Å². The number of halogens is 1. The van der Waals surface area contributed by atoms with Crippen molar-refractivity contribution in [3.8, 4) is 0 Å². The van der Waals surface area contributed by atoms with Crippen molar-refractivity contribution in [2.45, 2.75) is 71.3 Å². The van der Waals surface area contributed by atoms with Gasteiger partial charge in [0.15, 0.2) is 0 Å². The van der Waals surface area contributed by atoms with Crippen LogP contribution < -0.4 is 20.4 Å². The topological polar surface area (TPSA) is 125 Å². The van der Waals surface area contributed by atoms with Gasteiger partial charge in [0.25, 0.3) is 11.8 Å². The van der Waals surface area contributed by atoms with Crippen LogP contribution in [0.25, 0.3) is 0 Å². The van der Waals surface area contributed by atoms with Crippen LogP contribution in [0.4, 0.5) is 27.1 Å². The van der Waals surface area contributed by atoms with E-state index in [4.69, 9.17) is 0 Å². The van der Waals surface area contributed by atoms with Crippen LogP contribution in [-0.4, -0.2) is 46.2 Å². The Bertz CT molecular complexity index is 1990. The summed E-state index contributed by atoms with van der Waals surface area (Å²) in [6, 6.07) is 15.4. The Morgan fingerprint density at radius 2 is 1.57 bits per heavy atom. The van der Waals surface area contributed by atoms with E-state index in [0.29, 0.717) is 34.6 Å². The number of carbonyl (C=O) groups is 4. The monoisotopic (exact) mass is 662 g/mol. The highest BCUT2D eigenvalue weighted by Gasteiger charge is 2.49. The number of pyridine rings is 2. The first-order valence-electron chi connectivity index (χ1n) is 16.3. The smallest absolute Gasteiger partial charge is 0.257 e. The highest BCUT2D eigenvalue weighted by atomic mass is 19.1. The van der Waals surface area contributed by atoms with Crippen LogP contribution in [0.3, 0.4) is 0 Å². The number of amides is 4. The molecule has 4 aromatic rings. The van der Waals surface area contributed by atoms with Crippen molar-refractivity contribution >= 4 is 46.4 Å². The number of aryl methyl sites for hydroxylation is 1. The largest absolute Gasteiger partial charge is 0.322 e. The molecule has 10 nitrogen and oxygen atoms in total. The molecule has 3 aliphatic rings. The average Bonchev–Trinajstić information content (AvgIpc) is 3.86. The summed E-state index contributed by atoms with van der Waals surface area (Å²) in [7, 11) is 0. The first-order chi connectivity index (χ1) is 23.2. The third-order valence-electron chi connectivity index (χ3n) is 9.33. The zero-order chi connectivity index (χ0) is 35.2. The molecule has 4 heterocycles. The Labute approximate surface area is 284 Å². The summed E-state index contributed by atoms with van der Waals surface area (Å²) < 4.78 is 14.6. The van der Waals surface area contributed by atoms with Crippen molar-refractivity contribution in [2.75, 3.05) is 27.0 Å². The SMILES string of the molecule is CC1(C)C(=O)N(C2CC2)c2cc(NC(=O)c3cccnc3)c(F)cc21.CCN1C(=O)C(C)(C)c2ccc(NC(=O)c3ccnc(C)c3)cc21. The van der Waals surface area contributed by atoms with Crippen LogP contribution >= 0.6 is 0 Å². The fourth-order valence-corrected chi connectivity index (χ4v) is 6.40. The minimum atomic E-state index is -0.759. The lowest BCUT2D eigenvalue weighted by atomic mass is 9.86. The lowest BCUT2D eigenvalue weighted by molar-refractivity contribution is -0.122. The first-order valence-corrected chi connectivity index (χ1v) is 16.3. The molecular weight excluding hydrogens is 623 g/mol. The Morgan fingerprint density at radius 3 is 2.22 bits per heavy atom. The zero-order valence-electron chi connectivity index (χ0n) is 28.4. The lowest BCUT2D eigenvalue weighted by Gasteiger charge is -2.19. The van der Waals surface area contributed by atoms with Gasteiger partial charge < -0.3 is 20.4 Å². The van der Waals surface area contributed by atoms with Gasteiger partial charge in [-0.15, -0.1) is 0 Å².